The number of rotatable bonds is 7. The highest BCUT2D eigenvalue weighted by Crippen LogP contribution is 2.63. The number of imidazole rings is 2. The summed E-state index contributed by atoms with van der Waals surface area (Å²) in [5.74, 6) is -0.757. The zero-order valence-corrected chi connectivity index (χ0v) is 35.6. The van der Waals surface area contributed by atoms with Crippen molar-refractivity contribution in [2.45, 2.75) is 61.2 Å². The molecule has 1 saturated carbocycles. The Hall–Kier alpha value is -4.38. The average Bonchev–Trinajstić information content (AvgIpc) is 4.13. The van der Waals surface area contributed by atoms with Gasteiger partial charge in [-0.05, 0) is 48.6 Å². The third-order valence-corrected chi connectivity index (χ3v) is 15.0. The van der Waals surface area contributed by atoms with E-state index in [1.165, 1.54) is 19.0 Å². The van der Waals surface area contributed by atoms with E-state index >= 15 is 0 Å². The van der Waals surface area contributed by atoms with Crippen molar-refractivity contribution in [1.82, 2.24) is 39.0 Å². The van der Waals surface area contributed by atoms with Gasteiger partial charge in [0, 0.05) is 17.0 Å². The molecule has 1 aliphatic carbocycles. The maximum absolute atomic E-state index is 13.1. The first-order chi connectivity index (χ1) is 29.9. The molecule has 10 atom stereocenters. The van der Waals surface area contributed by atoms with Crippen LogP contribution in [0.1, 0.15) is 51.7 Å². The van der Waals surface area contributed by atoms with Crippen LogP contribution in [-0.4, -0.2) is 110 Å². The van der Waals surface area contributed by atoms with E-state index < -0.39 is 61.3 Å². The molecule has 2 aromatic carbocycles. The van der Waals surface area contributed by atoms with E-state index in [0.717, 1.165) is 0 Å². The lowest BCUT2D eigenvalue weighted by Gasteiger charge is -2.37. The number of carbonyl (C=O) groups excluding carboxylic acids is 2. The van der Waals surface area contributed by atoms with Gasteiger partial charge < -0.3 is 42.9 Å². The first-order valence-corrected chi connectivity index (χ1v) is 24.7. The van der Waals surface area contributed by atoms with Crippen molar-refractivity contribution in [2.24, 2.45) is 5.92 Å². The number of aromatic nitrogens is 8. The molecule has 4 saturated heterocycles. The van der Waals surface area contributed by atoms with Crippen LogP contribution in [-0.2, 0) is 62.3 Å². The molecule has 1 amide bonds. The molecule has 5 aliphatic rings. The molecular formula is C38H35N9O11P2S2. The second-order valence-electron chi connectivity index (χ2n) is 15.6. The number of carbonyl (C=O) groups is 2. The highest BCUT2D eigenvalue weighted by atomic mass is 32.5. The van der Waals surface area contributed by atoms with E-state index in [1.54, 1.807) is 70.1 Å². The van der Waals surface area contributed by atoms with Crippen LogP contribution in [0.3, 0.4) is 0 Å². The van der Waals surface area contributed by atoms with Gasteiger partial charge in [-0.25, -0.2) is 29.9 Å². The van der Waals surface area contributed by atoms with Crippen LogP contribution in [0.5, 0.6) is 0 Å². The second kappa shape index (κ2) is 15.1. The molecular weight excluding hydrogens is 885 g/mol. The summed E-state index contributed by atoms with van der Waals surface area (Å²) >= 11 is 11.3. The number of nitrogens with one attached hydrogen (secondary N) is 1. The topological polar surface area (TPSA) is 238 Å². The zero-order valence-electron chi connectivity index (χ0n) is 32.1. The van der Waals surface area contributed by atoms with Gasteiger partial charge in [-0.15, -0.1) is 0 Å². The molecule has 0 radical (unpaired) electrons. The molecule has 24 heteroatoms. The molecule has 320 valence electrons. The van der Waals surface area contributed by atoms with Gasteiger partial charge in [0.05, 0.1) is 44.6 Å². The van der Waals surface area contributed by atoms with Crippen molar-refractivity contribution in [3.8, 4) is 0 Å². The van der Waals surface area contributed by atoms with Gasteiger partial charge in [0.1, 0.15) is 53.9 Å². The summed E-state index contributed by atoms with van der Waals surface area (Å²) in [6, 6.07) is 17.6. The Labute approximate surface area is 361 Å². The van der Waals surface area contributed by atoms with Gasteiger partial charge in [-0.3, -0.25) is 23.2 Å². The van der Waals surface area contributed by atoms with Crippen molar-refractivity contribution in [3.05, 3.63) is 103 Å². The van der Waals surface area contributed by atoms with Crippen molar-refractivity contribution in [2.75, 3.05) is 25.1 Å². The molecule has 3 N–H and O–H groups in total. The van der Waals surface area contributed by atoms with Crippen molar-refractivity contribution in [3.63, 3.8) is 0 Å². The fourth-order valence-electron chi connectivity index (χ4n) is 9.06. The number of benzene rings is 2. The van der Waals surface area contributed by atoms with Gasteiger partial charge in [0.2, 0.25) is 0 Å². The SMILES string of the molecule is O=C(Cc1ncnc2c1ncn2[C@@H]1O[C@@]23CC[C@@H]1[C@@H]2OP(O)(=S)OC[C@@]12CO[C@@H]([C@H](n4cnc5c(NC(=O)c6ccccc6)ncnc54)O1)[C@@H]2OP(O)(=S)OC3)c1ccccc1. The number of hydrogen-bond acceptors (Lipinski definition) is 17. The summed E-state index contributed by atoms with van der Waals surface area (Å²) in [4.78, 5) is 76.2. The van der Waals surface area contributed by atoms with Gasteiger partial charge in [-0.2, -0.15) is 0 Å². The van der Waals surface area contributed by atoms with Gasteiger partial charge in [-0.1, -0.05) is 48.5 Å². The molecule has 2 unspecified atom stereocenters. The van der Waals surface area contributed by atoms with E-state index in [4.69, 9.17) is 55.9 Å². The lowest BCUT2D eigenvalue weighted by molar-refractivity contribution is -0.184. The molecule has 62 heavy (non-hydrogen) atoms. The third-order valence-electron chi connectivity index (χ3n) is 12.0. The molecule has 8 heterocycles. The van der Waals surface area contributed by atoms with Crippen molar-refractivity contribution >= 4 is 76.9 Å². The fourth-order valence-corrected chi connectivity index (χ4v) is 12.1. The number of ketones is 1. The summed E-state index contributed by atoms with van der Waals surface area (Å²) in [5, 5.41) is 2.79. The van der Waals surface area contributed by atoms with Crippen LogP contribution < -0.4 is 5.32 Å². The maximum Gasteiger partial charge on any atom is 0.325 e. The van der Waals surface area contributed by atoms with Gasteiger partial charge in [0.25, 0.3) is 5.91 Å². The highest BCUT2D eigenvalue weighted by molar-refractivity contribution is 8.07. The Morgan fingerprint density at radius 1 is 0.742 bits per heavy atom. The number of ether oxygens (including phenoxy) is 3. The monoisotopic (exact) mass is 919 g/mol. The number of anilines is 1. The lowest BCUT2D eigenvalue weighted by Crippen LogP contribution is -2.47. The zero-order chi connectivity index (χ0) is 42.4. The molecule has 6 aromatic rings. The van der Waals surface area contributed by atoms with Gasteiger partial charge in [0.15, 0.2) is 34.6 Å². The number of nitrogens with zero attached hydrogens (tertiary/aromatic N) is 8. The molecule has 4 aromatic heterocycles. The fraction of sp³-hybridized carbons (Fsp3) is 0.368. The van der Waals surface area contributed by atoms with Gasteiger partial charge >= 0.3 is 13.4 Å². The van der Waals surface area contributed by atoms with E-state index in [1.807, 2.05) is 6.07 Å². The molecule has 11 rings (SSSR count). The number of hydrogen-bond donors (Lipinski definition) is 3. The summed E-state index contributed by atoms with van der Waals surface area (Å²) in [7, 11) is 0. The van der Waals surface area contributed by atoms with Crippen LogP contribution in [0, 0.1) is 5.92 Å². The Morgan fingerprint density at radius 3 is 2.10 bits per heavy atom. The molecule has 0 spiro atoms. The van der Waals surface area contributed by atoms with Crippen molar-refractivity contribution in [1.29, 1.82) is 0 Å². The van der Waals surface area contributed by atoms with Crippen LogP contribution in [0.2, 0.25) is 0 Å². The Bertz CT molecular complexity index is 2670. The smallest absolute Gasteiger partial charge is 0.325 e. The average molecular weight is 920 g/mol. The lowest BCUT2D eigenvalue weighted by atomic mass is 10.0. The Balaban J connectivity index is 0.859. The predicted molar refractivity (Wildman–Crippen MR) is 222 cm³/mol. The summed E-state index contributed by atoms with van der Waals surface area (Å²) < 4.78 is 47.8. The highest BCUT2D eigenvalue weighted by Gasteiger charge is 2.67. The van der Waals surface area contributed by atoms with Crippen LogP contribution in [0.15, 0.2) is 86.0 Å². The number of fused-ring (bicyclic) bond motifs is 2. The molecule has 4 aliphatic heterocycles. The van der Waals surface area contributed by atoms with E-state index in [9.17, 15) is 19.4 Å². The van der Waals surface area contributed by atoms with E-state index in [0.29, 0.717) is 46.5 Å². The Morgan fingerprint density at radius 2 is 1.35 bits per heavy atom. The minimum Gasteiger partial charge on any atom is -0.367 e. The largest absolute Gasteiger partial charge is 0.367 e. The van der Waals surface area contributed by atoms with E-state index in [-0.39, 0.29) is 49.3 Å². The summed E-state index contributed by atoms with van der Waals surface area (Å²) in [5.41, 5.74) is 0.142. The summed E-state index contributed by atoms with van der Waals surface area (Å²) in [6.07, 6.45) is 2.04. The minimum atomic E-state index is -4.10. The normalized spacial score (nSPS) is 34.1. The maximum atomic E-state index is 13.1. The Kier molecular flexibility index (Phi) is 9.85. The standard InChI is InChI=1S/C38H35N9O11P2S2/c48-25(21-7-3-1-4-8-21)13-24-26-32(41-17-39-24)46(19-43-26)35-23-11-12-37(55-35)15-53-60(51,62)58-30-28-36(56-38(30,14-52-28)16-54-59(50,61)57-29(23)37)47-20-44-27-31(40-18-42-33(27)47)45-34(49)22-9-5-2-6-10-22/h1-10,17-20,23,28-30,35-36H,11-16H2,(H,50,61)(H,51,62)(H,40,42,45,49)/t23-,28-,29+,30+,35-,36-,37-,38-,59?,60?/m1/s1. The molecule has 20 nitrogen and oxygen atoms in total. The minimum absolute atomic E-state index is 0.00627. The quantitative estimate of drug-likeness (QED) is 0.152. The molecule has 5 fully saturated rings. The van der Waals surface area contributed by atoms with Crippen LogP contribution in [0.25, 0.3) is 22.3 Å². The number of amides is 1. The first kappa shape index (κ1) is 40.4. The van der Waals surface area contributed by atoms with Crippen LogP contribution >= 0.6 is 13.4 Å². The number of Topliss-reactive ketones (excluding diaryl/α,β-unsaturated/α-hetero) is 1. The second-order valence-corrected chi connectivity index (χ2v) is 21.2. The molecule has 4 bridgehead atoms. The summed E-state index contributed by atoms with van der Waals surface area (Å²) in [6.45, 7) is -8.93. The van der Waals surface area contributed by atoms with Crippen LogP contribution in [0.4, 0.5) is 5.82 Å². The predicted octanol–water partition coefficient (Wildman–Crippen LogP) is 3.94. The van der Waals surface area contributed by atoms with E-state index in [2.05, 4.69) is 35.2 Å². The third kappa shape index (κ3) is 6.85. The first-order valence-electron chi connectivity index (χ1n) is 19.5. The van der Waals surface area contributed by atoms with Crippen molar-refractivity contribution < 1.29 is 51.7 Å².